The van der Waals surface area contributed by atoms with Crippen molar-refractivity contribution in [2.24, 2.45) is 13.0 Å². The Bertz CT molecular complexity index is 722. The molecular formula is C16H20N4O2. The van der Waals surface area contributed by atoms with Gasteiger partial charge in [0.15, 0.2) is 5.69 Å². The lowest BCUT2D eigenvalue weighted by molar-refractivity contribution is -0.125. The molecule has 1 fully saturated rings. The molecular weight excluding hydrogens is 280 g/mol. The zero-order valence-corrected chi connectivity index (χ0v) is 12.9. The van der Waals surface area contributed by atoms with E-state index in [1.54, 1.807) is 16.6 Å². The molecule has 1 atom stereocenters. The second-order valence-electron chi connectivity index (χ2n) is 5.69. The quantitative estimate of drug-likeness (QED) is 0.905. The van der Waals surface area contributed by atoms with Gasteiger partial charge in [0.1, 0.15) is 0 Å². The molecule has 1 unspecified atom stereocenters. The first-order valence-corrected chi connectivity index (χ1v) is 7.54. The Morgan fingerprint density at radius 1 is 1.32 bits per heavy atom. The first-order chi connectivity index (χ1) is 10.6. The van der Waals surface area contributed by atoms with Crippen molar-refractivity contribution in [1.82, 2.24) is 20.0 Å². The molecule has 2 aromatic rings. The van der Waals surface area contributed by atoms with Crippen molar-refractivity contribution in [3.05, 3.63) is 30.0 Å². The lowest BCUT2D eigenvalue weighted by Crippen LogP contribution is -2.45. The second kappa shape index (κ2) is 5.79. The number of carbonyl (C=O) groups is 2. The number of rotatable bonds is 2. The van der Waals surface area contributed by atoms with Crippen LogP contribution in [0.4, 0.5) is 0 Å². The lowest BCUT2D eigenvalue weighted by Gasteiger charge is -2.31. The number of aryl methyl sites for hydroxylation is 1. The van der Waals surface area contributed by atoms with Crippen LogP contribution in [0.1, 0.15) is 23.3 Å². The molecule has 1 saturated heterocycles. The number of nitrogens with one attached hydrogen (secondary N) is 1. The number of fused-ring (bicyclic) bond motifs is 1. The summed E-state index contributed by atoms with van der Waals surface area (Å²) in [5.74, 6) is -0.216. The molecule has 0 radical (unpaired) electrons. The summed E-state index contributed by atoms with van der Waals surface area (Å²) in [7, 11) is 3.47. The average Bonchev–Trinajstić information content (AvgIpc) is 2.91. The number of hydrogen-bond acceptors (Lipinski definition) is 3. The van der Waals surface area contributed by atoms with E-state index in [0.717, 1.165) is 23.7 Å². The van der Waals surface area contributed by atoms with Crippen molar-refractivity contribution in [3.63, 3.8) is 0 Å². The van der Waals surface area contributed by atoms with Crippen LogP contribution in [0.25, 0.3) is 10.9 Å². The predicted octanol–water partition coefficient (Wildman–Crippen LogP) is 1.17. The van der Waals surface area contributed by atoms with Crippen LogP contribution in [0.15, 0.2) is 24.3 Å². The number of piperidine rings is 1. The molecule has 1 aliphatic rings. The Kier molecular flexibility index (Phi) is 3.83. The third-order valence-corrected chi connectivity index (χ3v) is 4.29. The summed E-state index contributed by atoms with van der Waals surface area (Å²) in [5.41, 5.74) is 1.40. The number of carbonyl (C=O) groups excluding carboxylic acids is 2. The number of likely N-dealkylation sites (tertiary alicyclic amines) is 1. The van der Waals surface area contributed by atoms with Gasteiger partial charge in [-0.3, -0.25) is 14.3 Å². The maximum atomic E-state index is 12.8. The minimum Gasteiger partial charge on any atom is -0.359 e. The molecule has 0 spiro atoms. The van der Waals surface area contributed by atoms with E-state index in [9.17, 15) is 9.59 Å². The summed E-state index contributed by atoms with van der Waals surface area (Å²) < 4.78 is 1.72. The van der Waals surface area contributed by atoms with Gasteiger partial charge in [0.25, 0.3) is 5.91 Å². The number of hydrogen-bond donors (Lipinski definition) is 1. The third kappa shape index (κ3) is 2.45. The Morgan fingerprint density at radius 2 is 2.09 bits per heavy atom. The van der Waals surface area contributed by atoms with E-state index >= 15 is 0 Å². The van der Waals surface area contributed by atoms with Crippen molar-refractivity contribution >= 4 is 22.7 Å². The number of para-hydroxylation sites is 1. The van der Waals surface area contributed by atoms with E-state index < -0.39 is 0 Å². The molecule has 1 aromatic heterocycles. The molecule has 0 aliphatic carbocycles. The molecule has 0 saturated carbocycles. The SMILES string of the molecule is CNC(=O)C1CCCN(C(=O)c2nn(C)c3ccccc23)C1. The Morgan fingerprint density at radius 3 is 2.86 bits per heavy atom. The minimum atomic E-state index is -0.127. The highest BCUT2D eigenvalue weighted by Gasteiger charge is 2.30. The van der Waals surface area contributed by atoms with Crippen LogP contribution in [0, 0.1) is 5.92 Å². The number of amides is 2. The Balaban J connectivity index is 1.88. The zero-order valence-electron chi connectivity index (χ0n) is 12.9. The maximum Gasteiger partial charge on any atom is 0.275 e. The number of benzene rings is 1. The summed E-state index contributed by atoms with van der Waals surface area (Å²) in [6.07, 6.45) is 1.67. The summed E-state index contributed by atoms with van der Waals surface area (Å²) in [5, 5.41) is 7.91. The van der Waals surface area contributed by atoms with Crippen molar-refractivity contribution < 1.29 is 9.59 Å². The Labute approximate surface area is 129 Å². The van der Waals surface area contributed by atoms with Gasteiger partial charge >= 0.3 is 0 Å². The normalized spacial score (nSPS) is 18.5. The average molecular weight is 300 g/mol. The van der Waals surface area contributed by atoms with Gasteiger partial charge < -0.3 is 10.2 Å². The highest BCUT2D eigenvalue weighted by molar-refractivity contribution is 6.05. The molecule has 0 bridgehead atoms. The molecule has 3 rings (SSSR count). The molecule has 22 heavy (non-hydrogen) atoms. The molecule has 1 N–H and O–H groups in total. The summed E-state index contributed by atoms with van der Waals surface area (Å²) in [6, 6.07) is 7.70. The molecule has 2 heterocycles. The molecule has 6 nitrogen and oxygen atoms in total. The van der Waals surface area contributed by atoms with Crippen molar-refractivity contribution in [2.45, 2.75) is 12.8 Å². The third-order valence-electron chi connectivity index (χ3n) is 4.29. The van der Waals surface area contributed by atoms with Gasteiger partial charge in [-0.25, -0.2) is 0 Å². The predicted molar refractivity (Wildman–Crippen MR) is 83.4 cm³/mol. The van der Waals surface area contributed by atoms with Crippen LogP contribution >= 0.6 is 0 Å². The standard InChI is InChI=1S/C16H20N4O2/c1-17-15(21)11-6-5-9-20(10-11)16(22)14-12-7-3-4-8-13(12)19(2)18-14/h3-4,7-8,11H,5-6,9-10H2,1-2H3,(H,17,21). The van der Waals surface area contributed by atoms with Gasteiger partial charge in [-0.15, -0.1) is 0 Å². The fourth-order valence-electron chi connectivity index (χ4n) is 3.10. The fraction of sp³-hybridized carbons (Fsp3) is 0.438. The number of aromatic nitrogens is 2. The minimum absolute atomic E-state index is 0.00313. The van der Waals surface area contributed by atoms with E-state index in [1.165, 1.54) is 0 Å². The highest BCUT2D eigenvalue weighted by Crippen LogP contribution is 2.22. The summed E-state index contributed by atoms with van der Waals surface area (Å²) in [4.78, 5) is 26.4. The van der Waals surface area contributed by atoms with Gasteiger partial charge in [0.2, 0.25) is 5.91 Å². The molecule has 116 valence electrons. The zero-order chi connectivity index (χ0) is 15.7. The van der Waals surface area contributed by atoms with E-state index in [2.05, 4.69) is 10.4 Å². The van der Waals surface area contributed by atoms with Crippen LogP contribution < -0.4 is 5.32 Å². The van der Waals surface area contributed by atoms with E-state index in [0.29, 0.717) is 18.8 Å². The highest BCUT2D eigenvalue weighted by atomic mass is 16.2. The van der Waals surface area contributed by atoms with Crippen LogP contribution in [0.3, 0.4) is 0 Å². The van der Waals surface area contributed by atoms with E-state index in [4.69, 9.17) is 0 Å². The Hall–Kier alpha value is -2.37. The van der Waals surface area contributed by atoms with Crippen LogP contribution in [-0.4, -0.2) is 46.6 Å². The molecule has 1 aliphatic heterocycles. The first kappa shape index (κ1) is 14.6. The monoisotopic (exact) mass is 300 g/mol. The summed E-state index contributed by atoms with van der Waals surface area (Å²) in [6.45, 7) is 1.14. The fourth-order valence-corrected chi connectivity index (χ4v) is 3.10. The topological polar surface area (TPSA) is 67.2 Å². The van der Waals surface area contributed by atoms with Gasteiger partial charge in [-0.1, -0.05) is 18.2 Å². The van der Waals surface area contributed by atoms with Crippen molar-refractivity contribution in [1.29, 1.82) is 0 Å². The smallest absolute Gasteiger partial charge is 0.275 e. The maximum absolute atomic E-state index is 12.8. The molecule has 1 aromatic carbocycles. The molecule has 2 amide bonds. The largest absolute Gasteiger partial charge is 0.359 e. The molecule has 6 heteroatoms. The summed E-state index contributed by atoms with van der Waals surface area (Å²) >= 11 is 0. The van der Waals surface area contributed by atoms with Crippen LogP contribution in [0.2, 0.25) is 0 Å². The van der Waals surface area contributed by atoms with E-state index in [1.807, 2.05) is 31.3 Å². The van der Waals surface area contributed by atoms with Crippen molar-refractivity contribution in [2.75, 3.05) is 20.1 Å². The van der Waals surface area contributed by atoms with Gasteiger partial charge in [-0.2, -0.15) is 5.10 Å². The van der Waals surface area contributed by atoms with Crippen LogP contribution in [-0.2, 0) is 11.8 Å². The van der Waals surface area contributed by atoms with Gasteiger partial charge in [-0.05, 0) is 18.9 Å². The van der Waals surface area contributed by atoms with Crippen molar-refractivity contribution in [3.8, 4) is 0 Å². The van der Waals surface area contributed by atoms with Gasteiger partial charge in [0.05, 0.1) is 11.4 Å². The van der Waals surface area contributed by atoms with Crippen LogP contribution in [0.5, 0.6) is 0 Å². The second-order valence-corrected chi connectivity index (χ2v) is 5.69. The van der Waals surface area contributed by atoms with Gasteiger partial charge in [0, 0.05) is 32.6 Å². The first-order valence-electron chi connectivity index (χ1n) is 7.54. The number of nitrogens with zero attached hydrogens (tertiary/aromatic N) is 3. The lowest BCUT2D eigenvalue weighted by atomic mass is 9.97. The van der Waals surface area contributed by atoms with E-state index in [-0.39, 0.29) is 17.7 Å².